The Balaban J connectivity index is 3.09. The van der Waals surface area contributed by atoms with Gasteiger partial charge >= 0.3 is 5.91 Å². The Bertz CT molecular complexity index is 449. The van der Waals surface area contributed by atoms with Crippen LogP contribution in [0.15, 0.2) is 12.1 Å². The average Bonchev–Trinajstić information content (AvgIpc) is 2.23. The van der Waals surface area contributed by atoms with Crippen LogP contribution in [0.3, 0.4) is 0 Å². The third-order valence-corrected chi connectivity index (χ3v) is 2.41. The lowest BCUT2D eigenvalue weighted by Crippen LogP contribution is -2.25. The molecule has 0 bridgehead atoms. The second kappa shape index (κ2) is 5.09. The molecule has 1 amide bonds. The summed E-state index contributed by atoms with van der Waals surface area (Å²) in [4.78, 5) is 22.7. The van der Waals surface area contributed by atoms with E-state index in [0.717, 1.165) is 24.1 Å². The fraction of sp³-hybridized carbons (Fsp3) is 0.111. The second-order valence-electron chi connectivity index (χ2n) is 2.79. The highest BCUT2D eigenvalue weighted by Gasteiger charge is 2.20. The highest BCUT2D eigenvalue weighted by atomic mass is 35.5. The lowest BCUT2D eigenvalue weighted by molar-refractivity contribution is -0.115. The molecule has 0 aromatic heterocycles. The van der Waals surface area contributed by atoms with Crippen LogP contribution in [0.1, 0.15) is 10.4 Å². The zero-order valence-electron chi connectivity index (χ0n) is 8.15. The molecule has 86 valence electrons. The van der Waals surface area contributed by atoms with Crippen LogP contribution < -0.4 is 4.72 Å². The molecule has 0 spiro atoms. The van der Waals surface area contributed by atoms with Crippen LogP contribution in [0.4, 0.5) is 0 Å². The van der Waals surface area contributed by atoms with Crippen LogP contribution in [-0.2, 0) is 4.79 Å². The van der Waals surface area contributed by atoms with Crippen molar-refractivity contribution < 1.29 is 19.8 Å². The molecule has 0 saturated carbocycles. The Labute approximate surface area is 101 Å². The molecule has 0 fully saturated rings. The molecule has 3 N–H and O–H groups in total. The number of ketones is 1. The molecule has 16 heavy (non-hydrogen) atoms. The zero-order valence-corrected chi connectivity index (χ0v) is 9.72. The van der Waals surface area contributed by atoms with Crippen molar-refractivity contribution in [2.24, 2.45) is 0 Å². The Morgan fingerprint density at radius 3 is 2.44 bits per heavy atom. The molecule has 1 aromatic rings. The third kappa shape index (κ3) is 2.59. The Hall–Kier alpha value is -1.40. The first-order chi connectivity index (χ1) is 7.47. The molecule has 1 aromatic carbocycles. The van der Waals surface area contributed by atoms with Gasteiger partial charge in [-0.3, -0.25) is 14.3 Å². The first-order valence-electron chi connectivity index (χ1n) is 4.06. The fourth-order valence-corrected chi connectivity index (χ4v) is 1.51. The smallest absolute Gasteiger partial charge is 0.302 e. The van der Waals surface area contributed by atoms with E-state index >= 15 is 0 Å². The minimum atomic E-state index is -0.880. The highest BCUT2D eigenvalue weighted by molar-refractivity contribution is 7.97. The molecule has 0 saturated heterocycles. The number of phenolic OH excluding ortho intramolecular Hbond substituents is 2. The van der Waals surface area contributed by atoms with E-state index in [2.05, 4.69) is 4.72 Å². The number of carbonyl (C=O) groups excluding carboxylic acids is 2. The van der Waals surface area contributed by atoms with Crippen molar-refractivity contribution in [1.82, 2.24) is 4.72 Å². The predicted octanol–water partition coefficient (Wildman–Crippen LogP) is 1.33. The van der Waals surface area contributed by atoms with Crippen LogP contribution in [0, 0.1) is 0 Å². The summed E-state index contributed by atoms with van der Waals surface area (Å²) < 4.78 is 2.23. The van der Waals surface area contributed by atoms with Gasteiger partial charge in [0.25, 0.3) is 5.78 Å². The minimum absolute atomic E-state index is 0.100. The summed E-state index contributed by atoms with van der Waals surface area (Å²) in [5.74, 6) is -2.69. The zero-order chi connectivity index (χ0) is 12.3. The SMILES string of the molecule is CSNC(=O)C(=O)c1cc(O)c(O)cc1Cl. The summed E-state index contributed by atoms with van der Waals surface area (Å²) in [7, 11) is 0. The van der Waals surface area contributed by atoms with E-state index in [1.807, 2.05) is 0 Å². The topological polar surface area (TPSA) is 86.6 Å². The van der Waals surface area contributed by atoms with Gasteiger partial charge in [0.2, 0.25) is 0 Å². The molecule has 5 nitrogen and oxygen atoms in total. The van der Waals surface area contributed by atoms with Crippen molar-refractivity contribution in [3.63, 3.8) is 0 Å². The number of phenols is 2. The van der Waals surface area contributed by atoms with Gasteiger partial charge in [0.1, 0.15) is 0 Å². The van der Waals surface area contributed by atoms with E-state index in [1.54, 1.807) is 6.26 Å². The van der Waals surface area contributed by atoms with Crippen molar-refractivity contribution in [1.29, 1.82) is 0 Å². The average molecular weight is 262 g/mol. The molecule has 0 atom stereocenters. The van der Waals surface area contributed by atoms with Crippen molar-refractivity contribution in [3.8, 4) is 11.5 Å². The maximum Gasteiger partial charge on any atom is 0.302 e. The summed E-state index contributed by atoms with van der Waals surface area (Å²) in [6.07, 6.45) is 1.58. The molecule has 0 aliphatic carbocycles. The first-order valence-corrected chi connectivity index (χ1v) is 5.66. The highest BCUT2D eigenvalue weighted by Crippen LogP contribution is 2.31. The predicted molar refractivity (Wildman–Crippen MR) is 60.8 cm³/mol. The van der Waals surface area contributed by atoms with Gasteiger partial charge in [-0.15, -0.1) is 0 Å². The van der Waals surface area contributed by atoms with E-state index in [4.69, 9.17) is 16.7 Å². The van der Waals surface area contributed by atoms with Gasteiger partial charge < -0.3 is 10.2 Å². The normalized spacial score (nSPS) is 9.88. The number of nitrogens with one attached hydrogen (secondary N) is 1. The number of aromatic hydroxyl groups is 2. The van der Waals surface area contributed by atoms with Gasteiger partial charge in [-0.05, 0) is 6.07 Å². The number of rotatable bonds is 3. The number of hydrogen-bond acceptors (Lipinski definition) is 5. The molecule has 0 aliphatic rings. The summed E-state index contributed by atoms with van der Waals surface area (Å²) in [6, 6.07) is 1.94. The number of carbonyl (C=O) groups is 2. The summed E-state index contributed by atoms with van der Waals surface area (Å²) in [5, 5.41) is 18.2. The summed E-state index contributed by atoms with van der Waals surface area (Å²) >= 11 is 6.63. The van der Waals surface area contributed by atoms with Crippen LogP contribution in [0.5, 0.6) is 11.5 Å². The van der Waals surface area contributed by atoms with Gasteiger partial charge in [-0.2, -0.15) is 0 Å². The van der Waals surface area contributed by atoms with E-state index in [9.17, 15) is 14.7 Å². The van der Waals surface area contributed by atoms with Crippen LogP contribution >= 0.6 is 23.5 Å². The van der Waals surface area contributed by atoms with Crippen molar-refractivity contribution in [2.75, 3.05) is 6.26 Å². The van der Waals surface area contributed by atoms with Crippen LogP contribution in [0.2, 0.25) is 5.02 Å². The molecule has 0 heterocycles. The van der Waals surface area contributed by atoms with Gasteiger partial charge in [0.15, 0.2) is 11.5 Å². The number of Topliss-reactive ketones (excluding diaryl/α,β-unsaturated/α-hetero) is 1. The number of amides is 1. The number of halogens is 1. The lowest BCUT2D eigenvalue weighted by Gasteiger charge is -2.05. The third-order valence-electron chi connectivity index (χ3n) is 1.71. The monoisotopic (exact) mass is 261 g/mol. The van der Waals surface area contributed by atoms with Crippen molar-refractivity contribution in [3.05, 3.63) is 22.7 Å². The second-order valence-corrected chi connectivity index (χ2v) is 3.80. The Morgan fingerprint density at radius 2 is 1.88 bits per heavy atom. The number of hydrogen-bond donors (Lipinski definition) is 3. The maximum atomic E-state index is 11.5. The summed E-state index contributed by atoms with van der Waals surface area (Å²) in [6.45, 7) is 0. The number of benzene rings is 1. The van der Waals surface area contributed by atoms with Crippen molar-refractivity contribution in [2.45, 2.75) is 0 Å². The molecule has 1 rings (SSSR count). The molecular formula is C9H8ClNO4S. The fourth-order valence-electron chi connectivity index (χ4n) is 0.987. The molecule has 0 unspecified atom stereocenters. The lowest BCUT2D eigenvalue weighted by atomic mass is 10.1. The quantitative estimate of drug-likeness (QED) is 0.331. The van der Waals surface area contributed by atoms with Gasteiger partial charge in [-0.1, -0.05) is 23.5 Å². The van der Waals surface area contributed by atoms with E-state index in [1.165, 1.54) is 0 Å². The molecule has 0 radical (unpaired) electrons. The Morgan fingerprint density at radius 1 is 1.31 bits per heavy atom. The standard InChI is InChI=1S/C9H8ClNO4S/c1-16-11-9(15)8(14)4-2-6(12)7(13)3-5(4)10/h2-3,12-13H,1H3,(H,11,15). The summed E-state index contributed by atoms with van der Waals surface area (Å²) in [5.41, 5.74) is -0.163. The molecule has 7 heteroatoms. The van der Waals surface area contributed by atoms with E-state index < -0.39 is 23.2 Å². The van der Waals surface area contributed by atoms with E-state index in [0.29, 0.717) is 0 Å². The van der Waals surface area contributed by atoms with Crippen molar-refractivity contribution >= 4 is 35.2 Å². The Kier molecular flexibility index (Phi) is 4.03. The minimum Gasteiger partial charge on any atom is -0.504 e. The van der Waals surface area contributed by atoms with Gasteiger partial charge in [-0.25, -0.2) is 0 Å². The molecule has 0 aliphatic heterocycles. The van der Waals surface area contributed by atoms with Crippen LogP contribution in [-0.4, -0.2) is 28.2 Å². The van der Waals surface area contributed by atoms with Gasteiger partial charge in [0.05, 0.1) is 10.6 Å². The van der Waals surface area contributed by atoms with Crippen LogP contribution in [0.25, 0.3) is 0 Å². The largest absolute Gasteiger partial charge is 0.504 e. The first kappa shape index (κ1) is 12.7. The maximum absolute atomic E-state index is 11.5. The van der Waals surface area contributed by atoms with Gasteiger partial charge in [0, 0.05) is 12.3 Å². The van der Waals surface area contributed by atoms with E-state index in [-0.39, 0.29) is 10.6 Å². The molecular weight excluding hydrogens is 254 g/mol.